The van der Waals surface area contributed by atoms with Gasteiger partial charge in [-0.05, 0) is 10.6 Å². The predicted octanol–water partition coefficient (Wildman–Crippen LogP) is 5.07. The van der Waals surface area contributed by atoms with Crippen LogP contribution in [0.2, 0.25) is 0 Å². The monoisotopic (exact) mass is 594 g/mol. The Morgan fingerprint density at radius 3 is 1.10 bits per heavy atom. The van der Waals surface area contributed by atoms with E-state index in [1.165, 1.54) is 10.6 Å². The molecule has 0 atom stereocenters. The fourth-order valence-electron chi connectivity index (χ4n) is 1.21. The van der Waals surface area contributed by atoms with E-state index in [-0.39, 0.29) is 48.9 Å². The van der Waals surface area contributed by atoms with Crippen LogP contribution in [0.5, 0.6) is 0 Å². The van der Waals surface area contributed by atoms with Crippen molar-refractivity contribution in [2.75, 3.05) is 0 Å². The summed E-state index contributed by atoms with van der Waals surface area (Å²) in [6.45, 7) is 0. The summed E-state index contributed by atoms with van der Waals surface area (Å²) >= 11 is -0.211. The van der Waals surface area contributed by atoms with Crippen LogP contribution in [0.25, 0.3) is 0 Å². The van der Waals surface area contributed by atoms with E-state index in [2.05, 4.69) is 60.7 Å². The molecule has 0 saturated heterocycles. The molecule has 8 heteroatoms. The van der Waals surface area contributed by atoms with E-state index in [0.29, 0.717) is 0 Å². The molecule has 0 amide bonds. The van der Waals surface area contributed by atoms with Gasteiger partial charge < -0.3 is 0 Å². The summed E-state index contributed by atoms with van der Waals surface area (Å²) in [4.78, 5) is 0. The molecule has 0 unspecified atom stereocenters. The number of halogens is 4. The van der Waals surface area contributed by atoms with Crippen LogP contribution in [0.4, 0.5) is 0 Å². The molecular formula is C12H11Cl4FePPd2. The Bertz CT molecular complexity index is 369. The number of hydrogen-bond acceptors (Lipinski definition) is 0. The molecule has 0 bridgehead atoms. The molecular weight excluding hydrogens is 586 g/mol. The summed E-state index contributed by atoms with van der Waals surface area (Å²) in [5, 5.41) is 2.79. The molecule has 0 aliphatic heterocycles. The minimum atomic E-state index is -0.106. The molecule has 120 valence electrons. The van der Waals surface area contributed by atoms with Gasteiger partial charge in [0, 0.05) is 17.1 Å². The number of hydrogen-bond donors (Lipinski definition) is 0. The zero-order valence-corrected chi connectivity index (χ0v) is 18.0. The van der Waals surface area contributed by atoms with Crippen molar-refractivity contribution >= 4 is 57.3 Å². The zero-order chi connectivity index (χ0) is 14.3. The predicted molar refractivity (Wildman–Crippen MR) is 83.9 cm³/mol. The number of rotatable bonds is 2. The molecule has 2 rings (SSSR count). The van der Waals surface area contributed by atoms with Crippen LogP contribution in [0, 0.1) is 0 Å². The Labute approximate surface area is 165 Å². The molecule has 0 heterocycles. The Morgan fingerprint density at radius 1 is 0.600 bits per heavy atom. The smallest absolute Gasteiger partial charge is 0 e. The van der Waals surface area contributed by atoms with Crippen LogP contribution in [0.1, 0.15) is 0 Å². The second-order valence-corrected chi connectivity index (χ2v) is 9.07. The van der Waals surface area contributed by atoms with Crippen LogP contribution in [0.3, 0.4) is 0 Å². The Balaban J connectivity index is 0. The molecule has 2 aromatic rings. The molecule has 0 aliphatic rings. The van der Waals surface area contributed by atoms with E-state index in [0.717, 1.165) is 8.58 Å². The van der Waals surface area contributed by atoms with Crippen molar-refractivity contribution in [1.82, 2.24) is 0 Å². The third-order valence-corrected chi connectivity index (χ3v) is 3.08. The van der Waals surface area contributed by atoms with Gasteiger partial charge in [-0.15, -0.1) is 0 Å². The standard InChI is InChI=1S/C12H11P.4ClH.Fe.2Pd/c1-3-7-11(8-4-1)13-12-9-5-2-6-10-12;;;;;;;/h1-10,13H;4*1H;;;/q;;;;;;2*+2/p-4. The van der Waals surface area contributed by atoms with E-state index in [1.54, 1.807) is 0 Å². The van der Waals surface area contributed by atoms with Crippen molar-refractivity contribution in [2.24, 2.45) is 0 Å². The maximum absolute atomic E-state index is 4.81. The van der Waals surface area contributed by atoms with Gasteiger partial charge in [-0.2, -0.15) is 0 Å². The van der Waals surface area contributed by atoms with Crippen molar-refractivity contribution in [3.63, 3.8) is 0 Å². The minimum absolute atomic E-state index is 0. The molecule has 0 spiro atoms. The first-order chi connectivity index (χ1) is 9.28. The van der Waals surface area contributed by atoms with Crippen molar-refractivity contribution in [2.45, 2.75) is 0 Å². The summed E-state index contributed by atoms with van der Waals surface area (Å²) in [5.74, 6) is 0. The summed E-state index contributed by atoms with van der Waals surface area (Å²) < 4.78 is 0. The Kier molecular flexibility index (Phi) is 22.8. The summed E-state index contributed by atoms with van der Waals surface area (Å²) in [6.07, 6.45) is 0. The van der Waals surface area contributed by atoms with E-state index >= 15 is 0 Å². The molecule has 20 heavy (non-hydrogen) atoms. The van der Waals surface area contributed by atoms with Gasteiger partial charge in [-0.25, -0.2) is 0 Å². The fraction of sp³-hybridized carbons (Fsp3) is 0. The van der Waals surface area contributed by atoms with Gasteiger partial charge in [0.05, 0.1) is 0 Å². The van der Waals surface area contributed by atoms with Crippen LogP contribution < -0.4 is 10.6 Å². The second kappa shape index (κ2) is 18.9. The molecule has 0 nitrogen and oxygen atoms in total. The van der Waals surface area contributed by atoms with Crippen LogP contribution in [-0.4, -0.2) is 0 Å². The van der Waals surface area contributed by atoms with Gasteiger partial charge in [0.15, 0.2) is 0 Å². The fourth-order valence-corrected chi connectivity index (χ4v) is 2.26. The zero-order valence-electron chi connectivity index (χ0n) is 9.77. The largest absolute Gasteiger partial charge is 0.0622 e. The van der Waals surface area contributed by atoms with Crippen molar-refractivity contribution < 1.29 is 48.9 Å². The third-order valence-electron chi connectivity index (χ3n) is 1.84. The van der Waals surface area contributed by atoms with Crippen LogP contribution >= 0.6 is 46.7 Å². The van der Waals surface area contributed by atoms with Crippen LogP contribution in [0.15, 0.2) is 60.7 Å². The summed E-state index contributed by atoms with van der Waals surface area (Å²) in [5.41, 5.74) is 0. The van der Waals surface area contributed by atoms with Crippen molar-refractivity contribution in [1.29, 1.82) is 0 Å². The van der Waals surface area contributed by atoms with E-state index in [4.69, 9.17) is 38.1 Å². The van der Waals surface area contributed by atoms with E-state index in [1.807, 2.05) is 0 Å². The summed E-state index contributed by atoms with van der Waals surface area (Å²) in [7, 11) is 20.0. The van der Waals surface area contributed by atoms with Gasteiger partial charge in [0.2, 0.25) is 0 Å². The molecule has 0 aliphatic carbocycles. The number of benzene rings is 2. The first kappa shape index (κ1) is 24.1. The first-order valence-corrected chi connectivity index (χ1v) is 13.8. The topological polar surface area (TPSA) is 0 Å². The minimum Gasteiger partial charge on any atom is -0.0622 e. The van der Waals surface area contributed by atoms with Gasteiger partial charge in [-0.3, -0.25) is 0 Å². The average Bonchev–Trinajstić information content (AvgIpc) is 2.43. The molecule has 0 fully saturated rings. The normalized spacial score (nSPS) is 8.60. The average molecular weight is 597 g/mol. The van der Waals surface area contributed by atoms with E-state index in [9.17, 15) is 0 Å². The van der Waals surface area contributed by atoms with Crippen LogP contribution in [-0.2, 0) is 48.9 Å². The third kappa shape index (κ3) is 14.8. The van der Waals surface area contributed by atoms with Gasteiger partial charge >= 0.3 is 70.0 Å². The molecule has 0 radical (unpaired) electrons. The van der Waals surface area contributed by atoms with Crippen molar-refractivity contribution in [3.05, 3.63) is 60.7 Å². The summed E-state index contributed by atoms with van der Waals surface area (Å²) in [6, 6.07) is 21.2. The Hall–Kier alpha value is 1.87. The second-order valence-electron chi connectivity index (χ2n) is 2.95. The SMILES string of the molecule is [Cl][Pd][Cl].[Cl][Pd][Cl].[Fe].c1ccc(Pc2ccccc2)cc1. The quantitative estimate of drug-likeness (QED) is 0.336. The molecule has 0 N–H and O–H groups in total. The van der Waals surface area contributed by atoms with Gasteiger partial charge in [0.1, 0.15) is 0 Å². The Morgan fingerprint density at radius 2 is 0.850 bits per heavy atom. The molecule has 0 aromatic heterocycles. The molecule has 0 saturated carbocycles. The van der Waals surface area contributed by atoms with E-state index < -0.39 is 0 Å². The van der Waals surface area contributed by atoms with Gasteiger partial charge in [-0.1, -0.05) is 69.2 Å². The maximum atomic E-state index is 4.81. The van der Waals surface area contributed by atoms with Gasteiger partial charge in [0.25, 0.3) is 0 Å². The molecule has 2 aromatic carbocycles. The maximum Gasteiger partial charge on any atom is 0 e. The van der Waals surface area contributed by atoms with Crippen molar-refractivity contribution in [3.8, 4) is 0 Å². The first-order valence-electron chi connectivity index (χ1n) is 4.80.